The minimum Gasteiger partial charge on any atom is -0.470 e. The number of piperidine rings is 1. The molecule has 0 saturated carbocycles. The summed E-state index contributed by atoms with van der Waals surface area (Å²) in [5.41, 5.74) is 6.24. The average Bonchev–Trinajstić information content (AvgIpc) is 2.41. The Labute approximate surface area is 127 Å². The Balaban J connectivity index is 2.06. The minimum atomic E-state index is -0.304. The van der Waals surface area contributed by atoms with E-state index in [9.17, 15) is 0 Å². The lowest BCUT2D eigenvalue weighted by Crippen LogP contribution is -2.37. The largest absolute Gasteiger partial charge is 0.470 e. The third-order valence-corrected chi connectivity index (χ3v) is 3.45. The predicted molar refractivity (Wildman–Crippen MR) is 85.9 cm³/mol. The van der Waals surface area contributed by atoms with Crippen LogP contribution >= 0.6 is 0 Å². The summed E-state index contributed by atoms with van der Waals surface area (Å²) in [7, 11) is 0. The van der Waals surface area contributed by atoms with Gasteiger partial charge in [0.25, 0.3) is 0 Å². The van der Waals surface area contributed by atoms with Gasteiger partial charge in [0.15, 0.2) is 0 Å². The van der Waals surface area contributed by atoms with Gasteiger partial charge in [0.05, 0.1) is 11.8 Å². The zero-order valence-corrected chi connectivity index (χ0v) is 13.6. The molecule has 0 aliphatic carbocycles. The predicted octanol–water partition coefficient (Wildman–Crippen LogP) is 2.85. The Hall–Kier alpha value is -1.49. The molecule has 0 spiro atoms. The van der Waals surface area contributed by atoms with E-state index in [2.05, 4.69) is 9.88 Å². The zero-order valence-electron chi connectivity index (χ0n) is 13.6. The highest BCUT2D eigenvalue weighted by Gasteiger charge is 2.22. The molecule has 0 aromatic carbocycles. The zero-order chi connectivity index (χ0) is 15.5. The van der Waals surface area contributed by atoms with E-state index in [1.165, 1.54) is 0 Å². The Morgan fingerprint density at radius 1 is 1.29 bits per heavy atom. The lowest BCUT2D eigenvalue weighted by molar-refractivity contribution is 0.0458. The highest BCUT2D eigenvalue weighted by molar-refractivity contribution is 5.54. The monoisotopic (exact) mass is 293 g/mol. The van der Waals surface area contributed by atoms with Crippen molar-refractivity contribution in [2.75, 3.05) is 30.3 Å². The maximum Gasteiger partial charge on any atom is 0.239 e. The number of nitrogen functional groups attached to an aromatic ring is 1. The van der Waals surface area contributed by atoms with Gasteiger partial charge >= 0.3 is 0 Å². The summed E-state index contributed by atoms with van der Waals surface area (Å²) in [6.07, 6.45) is 2.45. The Kier molecular flexibility index (Phi) is 4.93. The topological polar surface area (TPSA) is 60.6 Å². The number of aromatic nitrogens is 1. The molecule has 1 aromatic rings. The first kappa shape index (κ1) is 15.9. The van der Waals surface area contributed by atoms with Crippen LogP contribution in [-0.4, -0.2) is 36.4 Å². The average molecular weight is 293 g/mol. The van der Waals surface area contributed by atoms with E-state index in [0.29, 0.717) is 17.7 Å². The molecule has 1 aromatic heterocycles. The number of pyridine rings is 1. The summed E-state index contributed by atoms with van der Waals surface area (Å²) in [6.45, 7) is 10.7. The standard InChI is InChI=1S/C16H27N3O2/c1-5-20-12-8-10-19(11-9-12)14-7-6-13(17)15(18-14)21-16(2,3)4/h6-7,12H,5,8-11,17H2,1-4H3. The molecule has 2 N–H and O–H groups in total. The van der Waals surface area contributed by atoms with Crippen LogP contribution in [0.1, 0.15) is 40.5 Å². The minimum absolute atomic E-state index is 0.304. The van der Waals surface area contributed by atoms with Gasteiger partial charge in [-0.2, -0.15) is 4.98 Å². The fourth-order valence-corrected chi connectivity index (χ4v) is 2.48. The number of anilines is 2. The number of nitrogens with two attached hydrogens (primary N) is 1. The van der Waals surface area contributed by atoms with Crippen molar-refractivity contribution in [3.8, 4) is 5.88 Å². The van der Waals surface area contributed by atoms with E-state index >= 15 is 0 Å². The molecule has 2 heterocycles. The van der Waals surface area contributed by atoms with E-state index in [1.54, 1.807) is 0 Å². The van der Waals surface area contributed by atoms with Crippen molar-refractivity contribution in [1.82, 2.24) is 4.98 Å². The van der Waals surface area contributed by atoms with Gasteiger partial charge in [-0.1, -0.05) is 0 Å². The van der Waals surface area contributed by atoms with Crippen molar-refractivity contribution in [2.24, 2.45) is 0 Å². The second-order valence-corrected chi connectivity index (χ2v) is 6.42. The van der Waals surface area contributed by atoms with Crippen molar-refractivity contribution in [2.45, 2.75) is 52.2 Å². The molecule has 0 amide bonds. The number of hydrogen-bond donors (Lipinski definition) is 1. The van der Waals surface area contributed by atoms with E-state index in [-0.39, 0.29) is 5.60 Å². The molecule has 0 radical (unpaired) electrons. The van der Waals surface area contributed by atoms with Crippen molar-refractivity contribution >= 4 is 11.5 Å². The number of nitrogens with zero attached hydrogens (tertiary/aromatic N) is 2. The van der Waals surface area contributed by atoms with Crippen LogP contribution in [0.3, 0.4) is 0 Å². The Morgan fingerprint density at radius 2 is 1.95 bits per heavy atom. The highest BCUT2D eigenvalue weighted by Crippen LogP contribution is 2.28. The molecule has 2 rings (SSSR count). The first-order chi connectivity index (χ1) is 9.89. The smallest absolute Gasteiger partial charge is 0.239 e. The van der Waals surface area contributed by atoms with Gasteiger partial charge in [-0.25, -0.2) is 0 Å². The van der Waals surface area contributed by atoms with Gasteiger partial charge in [0, 0.05) is 19.7 Å². The Bertz CT molecular complexity index is 463. The molecule has 0 bridgehead atoms. The summed E-state index contributed by atoms with van der Waals surface area (Å²) < 4.78 is 11.5. The third-order valence-electron chi connectivity index (χ3n) is 3.45. The summed E-state index contributed by atoms with van der Waals surface area (Å²) in [5.74, 6) is 1.45. The van der Waals surface area contributed by atoms with Gasteiger partial charge < -0.3 is 20.1 Å². The highest BCUT2D eigenvalue weighted by atomic mass is 16.5. The van der Waals surface area contributed by atoms with Gasteiger partial charge in [0.1, 0.15) is 11.4 Å². The van der Waals surface area contributed by atoms with Crippen LogP contribution in [0.2, 0.25) is 0 Å². The SMILES string of the molecule is CCOC1CCN(c2ccc(N)c(OC(C)(C)C)n2)CC1. The van der Waals surface area contributed by atoms with E-state index in [1.807, 2.05) is 39.8 Å². The first-order valence-electron chi connectivity index (χ1n) is 7.71. The molecule has 0 unspecified atom stereocenters. The summed E-state index contributed by atoms with van der Waals surface area (Å²) in [4.78, 5) is 6.86. The number of hydrogen-bond acceptors (Lipinski definition) is 5. The second kappa shape index (κ2) is 6.52. The van der Waals surface area contributed by atoms with Crippen molar-refractivity contribution in [1.29, 1.82) is 0 Å². The molecule has 0 atom stereocenters. The number of rotatable bonds is 4. The maximum absolute atomic E-state index is 5.96. The van der Waals surface area contributed by atoms with E-state index < -0.39 is 0 Å². The van der Waals surface area contributed by atoms with Crippen LogP contribution in [0, 0.1) is 0 Å². The van der Waals surface area contributed by atoms with Crippen molar-refractivity contribution in [3.05, 3.63) is 12.1 Å². The van der Waals surface area contributed by atoms with Crippen LogP contribution in [0.4, 0.5) is 11.5 Å². The molecule has 1 saturated heterocycles. The normalized spacial score (nSPS) is 17.0. The maximum atomic E-state index is 5.96. The number of ether oxygens (including phenoxy) is 2. The van der Waals surface area contributed by atoms with Crippen LogP contribution in [-0.2, 0) is 4.74 Å². The summed E-state index contributed by atoms with van der Waals surface area (Å²) in [5, 5.41) is 0. The first-order valence-corrected chi connectivity index (χ1v) is 7.71. The van der Waals surface area contributed by atoms with Crippen molar-refractivity contribution in [3.63, 3.8) is 0 Å². The van der Waals surface area contributed by atoms with Gasteiger partial charge in [0.2, 0.25) is 5.88 Å². The third kappa shape index (κ3) is 4.49. The van der Waals surface area contributed by atoms with Crippen LogP contribution in [0.15, 0.2) is 12.1 Å². The van der Waals surface area contributed by atoms with Crippen LogP contribution < -0.4 is 15.4 Å². The molecular formula is C16H27N3O2. The van der Waals surface area contributed by atoms with Crippen LogP contribution in [0.5, 0.6) is 5.88 Å². The lowest BCUT2D eigenvalue weighted by Gasteiger charge is -2.33. The van der Waals surface area contributed by atoms with E-state index in [4.69, 9.17) is 15.2 Å². The van der Waals surface area contributed by atoms with Crippen LogP contribution in [0.25, 0.3) is 0 Å². The molecule has 5 heteroatoms. The van der Waals surface area contributed by atoms with Gasteiger partial charge in [-0.05, 0) is 52.7 Å². The Morgan fingerprint density at radius 3 is 2.52 bits per heavy atom. The molecular weight excluding hydrogens is 266 g/mol. The fourth-order valence-electron chi connectivity index (χ4n) is 2.48. The summed E-state index contributed by atoms with van der Waals surface area (Å²) in [6, 6.07) is 3.84. The molecule has 1 fully saturated rings. The van der Waals surface area contributed by atoms with Gasteiger partial charge in [-0.3, -0.25) is 0 Å². The van der Waals surface area contributed by atoms with Crippen molar-refractivity contribution < 1.29 is 9.47 Å². The molecule has 5 nitrogen and oxygen atoms in total. The molecule has 118 valence electrons. The van der Waals surface area contributed by atoms with E-state index in [0.717, 1.165) is 38.4 Å². The molecule has 21 heavy (non-hydrogen) atoms. The molecule has 1 aliphatic rings. The fraction of sp³-hybridized carbons (Fsp3) is 0.688. The van der Waals surface area contributed by atoms with Gasteiger partial charge in [-0.15, -0.1) is 0 Å². The second-order valence-electron chi connectivity index (χ2n) is 6.42. The quantitative estimate of drug-likeness (QED) is 0.925. The summed E-state index contributed by atoms with van der Waals surface area (Å²) >= 11 is 0. The molecule has 1 aliphatic heterocycles. The lowest BCUT2D eigenvalue weighted by atomic mass is 10.1.